The number of cyclic esters (lactones) is 1. The van der Waals surface area contributed by atoms with Gasteiger partial charge in [0.2, 0.25) is 0 Å². The molecule has 0 saturated carbocycles. The van der Waals surface area contributed by atoms with Crippen molar-refractivity contribution in [2.75, 3.05) is 6.61 Å². The molecule has 0 aromatic rings. The molecule has 4 atom stereocenters. The van der Waals surface area contributed by atoms with Gasteiger partial charge < -0.3 is 14.2 Å². The third kappa shape index (κ3) is 7.96. The number of hydrogen-bond acceptors (Lipinski definition) is 4. The zero-order valence-electron chi connectivity index (χ0n) is 17.0. The fourth-order valence-electron chi connectivity index (χ4n) is 3.91. The van der Waals surface area contributed by atoms with Crippen molar-refractivity contribution in [3.63, 3.8) is 0 Å². The Hall–Kier alpha value is -0.610. The van der Waals surface area contributed by atoms with Crippen LogP contribution in [0.4, 0.5) is 0 Å². The molecule has 4 heteroatoms. The standard InChI is InChI=1S/C22H40O4/c1-3-4-5-6-7-8-9-10-11-14-19(17-20-18(2)22(23)26-20)25-21-15-12-13-16-24-21/h18-21H,3-17H2,1-2H3/t18?,19-,20?,21?/m0/s1. The number of unbranched alkanes of at least 4 members (excludes halogenated alkanes) is 8. The summed E-state index contributed by atoms with van der Waals surface area (Å²) in [7, 11) is 0. The fraction of sp³-hybridized carbons (Fsp3) is 0.955. The maximum atomic E-state index is 11.4. The molecule has 0 aromatic carbocycles. The molecule has 4 nitrogen and oxygen atoms in total. The maximum Gasteiger partial charge on any atom is 0.312 e. The average molecular weight is 369 g/mol. The van der Waals surface area contributed by atoms with Crippen LogP contribution in [0.2, 0.25) is 0 Å². The molecule has 152 valence electrons. The highest BCUT2D eigenvalue weighted by molar-refractivity contribution is 5.77. The zero-order chi connectivity index (χ0) is 18.6. The summed E-state index contributed by atoms with van der Waals surface area (Å²) in [6.45, 7) is 5.04. The Labute approximate surface area is 160 Å². The quantitative estimate of drug-likeness (QED) is 0.288. The zero-order valence-corrected chi connectivity index (χ0v) is 17.0. The monoisotopic (exact) mass is 368 g/mol. The summed E-state index contributed by atoms with van der Waals surface area (Å²) in [5.74, 6) is -0.0396. The second-order valence-corrected chi connectivity index (χ2v) is 8.17. The number of carbonyl (C=O) groups excluding carboxylic acids is 1. The van der Waals surface area contributed by atoms with Crippen LogP contribution in [-0.4, -0.2) is 31.1 Å². The van der Waals surface area contributed by atoms with Crippen LogP contribution in [0.3, 0.4) is 0 Å². The van der Waals surface area contributed by atoms with E-state index in [-0.39, 0.29) is 30.4 Å². The lowest BCUT2D eigenvalue weighted by Crippen LogP contribution is -2.45. The Kier molecular flexibility index (Phi) is 10.6. The first-order chi connectivity index (χ1) is 12.7. The number of carbonyl (C=O) groups is 1. The van der Waals surface area contributed by atoms with E-state index in [1.807, 2.05) is 6.92 Å². The highest BCUT2D eigenvalue weighted by Crippen LogP contribution is 2.29. The molecule has 2 fully saturated rings. The topological polar surface area (TPSA) is 44.8 Å². The maximum absolute atomic E-state index is 11.4. The van der Waals surface area contributed by atoms with Gasteiger partial charge in [0.1, 0.15) is 6.10 Å². The van der Waals surface area contributed by atoms with Crippen molar-refractivity contribution in [3.8, 4) is 0 Å². The van der Waals surface area contributed by atoms with Crippen molar-refractivity contribution in [3.05, 3.63) is 0 Å². The summed E-state index contributed by atoms with van der Waals surface area (Å²) >= 11 is 0. The van der Waals surface area contributed by atoms with Crippen molar-refractivity contribution in [1.29, 1.82) is 0 Å². The van der Waals surface area contributed by atoms with Crippen molar-refractivity contribution in [2.24, 2.45) is 5.92 Å². The highest BCUT2D eigenvalue weighted by Gasteiger charge is 2.40. The van der Waals surface area contributed by atoms with E-state index in [0.29, 0.717) is 0 Å². The second-order valence-electron chi connectivity index (χ2n) is 8.17. The molecule has 0 amide bonds. The third-order valence-electron chi connectivity index (χ3n) is 5.80. The third-order valence-corrected chi connectivity index (χ3v) is 5.80. The highest BCUT2D eigenvalue weighted by atomic mass is 16.7. The van der Waals surface area contributed by atoms with E-state index in [9.17, 15) is 4.79 Å². The van der Waals surface area contributed by atoms with Gasteiger partial charge in [0.15, 0.2) is 6.29 Å². The lowest BCUT2D eigenvalue weighted by atomic mass is 9.92. The fourth-order valence-corrected chi connectivity index (χ4v) is 3.91. The molecular weight excluding hydrogens is 328 g/mol. The predicted molar refractivity (Wildman–Crippen MR) is 104 cm³/mol. The molecule has 2 aliphatic rings. The van der Waals surface area contributed by atoms with E-state index in [2.05, 4.69) is 6.92 Å². The first kappa shape index (κ1) is 21.7. The number of rotatable bonds is 14. The number of hydrogen-bond donors (Lipinski definition) is 0. The van der Waals surface area contributed by atoms with Gasteiger partial charge in [-0.25, -0.2) is 0 Å². The van der Waals surface area contributed by atoms with E-state index in [0.717, 1.165) is 32.3 Å². The second kappa shape index (κ2) is 12.7. The Morgan fingerprint density at radius 1 is 1.04 bits per heavy atom. The average Bonchev–Trinajstić information content (AvgIpc) is 2.66. The molecule has 0 aromatic heterocycles. The van der Waals surface area contributed by atoms with Crippen molar-refractivity contribution in [2.45, 2.75) is 122 Å². The van der Waals surface area contributed by atoms with Crippen molar-refractivity contribution < 1.29 is 19.0 Å². The molecule has 0 aliphatic carbocycles. The minimum Gasteiger partial charge on any atom is -0.461 e. The first-order valence-corrected chi connectivity index (χ1v) is 11.2. The van der Waals surface area contributed by atoms with Gasteiger partial charge in [0.05, 0.1) is 12.0 Å². The Morgan fingerprint density at radius 3 is 2.31 bits per heavy atom. The van der Waals surface area contributed by atoms with E-state index < -0.39 is 0 Å². The minimum atomic E-state index is -0.0641. The molecule has 0 bridgehead atoms. The van der Waals surface area contributed by atoms with Gasteiger partial charge in [-0.2, -0.15) is 0 Å². The van der Waals surface area contributed by atoms with Crippen LogP contribution < -0.4 is 0 Å². The number of esters is 1. The minimum absolute atomic E-state index is 0.0245. The SMILES string of the molecule is CCCCCCCCCCC[C@@H](CC1OC(=O)C1C)OC1CCCCO1. The molecule has 3 unspecified atom stereocenters. The van der Waals surface area contributed by atoms with Crippen LogP contribution in [0.5, 0.6) is 0 Å². The van der Waals surface area contributed by atoms with Crippen LogP contribution in [0.1, 0.15) is 104 Å². The normalized spacial score (nSPS) is 27.0. The molecule has 2 heterocycles. The summed E-state index contributed by atoms with van der Waals surface area (Å²) in [6.07, 6.45) is 17.4. The summed E-state index contributed by atoms with van der Waals surface area (Å²) < 4.78 is 17.3. The Morgan fingerprint density at radius 2 is 1.73 bits per heavy atom. The van der Waals surface area contributed by atoms with E-state index in [4.69, 9.17) is 14.2 Å². The summed E-state index contributed by atoms with van der Waals surface area (Å²) in [5.41, 5.74) is 0. The largest absolute Gasteiger partial charge is 0.461 e. The molecular formula is C22H40O4. The Bertz CT molecular complexity index is 378. The molecule has 26 heavy (non-hydrogen) atoms. The van der Waals surface area contributed by atoms with Gasteiger partial charge in [-0.3, -0.25) is 4.79 Å². The van der Waals surface area contributed by atoms with Gasteiger partial charge in [-0.1, -0.05) is 64.7 Å². The molecule has 0 spiro atoms. The molecule has 2 rings (SSSR count). The van der Waals surface area contributed by atoms with Gasteiger partial charge in [0.25, 0.3) is 0 Å². The van der Waals surface area contributed by atoms with Crippen LogP contribution in [0, 0.1) is 5.92 Å². The van der Waals surface area contributed by atoms with E-state index in [1.165, 1.54) is 64.2 Å². The van der Waals surface area contributed by atoms with E-state index in [1.54, 1.807) is 0 Å². The smallest absolute Gasteiger partial charge is 0.312 e. The molecule has 0 radical (unpaired) electrons. The molecule has 2 aliphatic heterocycles. The Balaban J connectivity index is 1.60. The predicted octanol–water partition coefficient (Wildman–Crippen LogP) is 5.77. The van der Waals surface area contributed by atoms with Crippen molar-refractivity contribution >= 4 is 5.97 Å². The van der Waals surface area contributed by atoms with Crippen LogP contribution in [-0.2, 0) is 19.0 Å². The van der Waals surface area contributed by atoms with Gasteiger partial charge in [-0.15, -0.1) is 0 Å². The lowest BCUT2D eigenvalue weighted by molar-refractivity contribution is -0.209. The van der Waals surface area contributed by atoms with Crippen LogP contribution >= 0.6 is 0 Å². The van der Waals surface area contributed by atoms with Gasteiger partial charge in [-0.05, 0) is 32.6 Å². The summed E-state index contributed by atoms with van der Waals surface area (Å²) in [4.78, 5) is 11.4. The van der Waals surface area contributed by atoms with Crippen LogP contribution in [0.25, 0.3) is 0 Å². The molecule has 2 saturated heterocycles. The molecule has 0 N–H and O–H groups in total. The van der Waals surface area contributed by atoms with E-state index >= 15 is 0 Å². The lowest BCUT2D eigenvalue weighted by Gasteiger charge is -2.36. The summed E-state index contributed by atoms with van der Waals surface area (Å²) in [6, 6.07) is 0. The van der Waals surface area contributed by atoms with Gasteiger partial charge >= 0.3 is 5.97 Å². The van der Waals surface area contributed by atoms with Gasteiger partial charge in [0, 0.05) is 13.0 Å². The first-order valence-electron chi connectivity index (χ1n) is 11.2. The number of ether oxygens (including phenoxy) is 3. The van der Waals surface area contributed by atoms with Crippen molar-refractivity contribution in [1.82, 2.24) is 0 Å². The van der Waals surface area contributed by atoms with Crippen LogP contribution in [0.15, 0.2) is 0 Å². The summed E-state index contributed by atoms with van der Waals surface area (Å²) in [5, 5.41) is 0.